The number of esters is 1. The molecule has 27 heavy (non-hydrogen) atoms. The lowest BCUT2D eigenvalue weighted by Gasteiger charge is -2.32. The van der Waals surface area contributed by atoms with Gasteiger partial charge in [0.05, 0.1) is 17.8 Å². The topological polar surface area (TPSA) is 63.7 Å². The number of amides is 2. The molecule has 3 aliphatic rings. The van der Waals surface area contributed by atoms with Crippen LogP contribution in [0, 0.1) is 24.7 Å². The molecule has 2 amide bonds. The Hall–Kier alpha value is -2.17. The number of benzene rings is 1. The smallest absolute Gasteiger partial charge is 0.314 e. The van der Waals surface area contributed by atoms with E-state index in [1.165, 1.54) is 0 Å². The first kappa shape index (κ1) is 18.2. The molecule has 1 aliphatic heterocycles. The average molecular weight is 369 g/mol. The standard InChI is InChI=1S/C22H27NO4/c1-14-5-4-6-17(13-14)27-22(26)15-9-11-16(12-10-15)23-20(24)18-7-2-3-8-19(18)21(23)25/h4-6,13,15-16,18-19H,2-3,7-12H2,1H3/t15?,16?,18-,19-/m1/s1. The molecule has 3 fully saturated rings. The second-order valence-corrected chi connectivity index (χ2v) is 8.29. The molecule has 1 heterocycles. The molecule has 1 aromatic rings. The molecule has 0 radical (unpaired) electrons. The fraction of sp³-hybridized carbons (Fsp3) is 0.591. The normalized spacial score (nSPS) is 30.9. The molecule has 0 aromatic heterocycles. The Balaban J connectivity index is 1.35. The summed E-state index contributed by atoms with van der Waals surface area (Å²) in [5, 5.41) is 0. The largest absolute Gasteiger partial charge is 0.426 e. The number of imide groups is 1. The number of aryl methyl sites for hydroxylation is 1. The second-order valence-electron chi connectivity index (χ2n) is 8.29. The minimum absolute atomic E-state index is 0.0375. The van der Waals surface area contributed by atoms with Crippen LogP contribution in [0.3, 0.4) is 0 Å². The molecule has 0 spiro atoms. The Morgan fingerprint density at radius 2 is 1.59 bits per heavy atom. The first-order valence-corrected chi connectivity index (χ1v) is 10.2. The highest BCUT2D eigenvalue weighted by molar-refractivity contribution is 6.05. The van der Waals surface area contributed by atoms with Crippen molar-refractivity contribution in [1.82, 2.24) is 4.90 Å². The molecular formula is C22H27NO4. The number of fused-ring (bicyclic) bond motifs is 1. The number of carbonyl (C=O) groups is 3. The molecule has 1 saturated heterocycles. The Labute approximate surface area is 160 Å². The van der Waals surface area contributed by atoms with E-state index in [-0.39, 0.29) is 41.6 Å². The summed E-state index contributed by atoms with van der Waals surface area (Å²) in [6.07, 6.45) is 6.53. The van der Waals surface area contributed by atoms with Gasteiger partial charge in [-0.2, -0.15) is 0 Å². The molecular weight excluding hydrogens is 342 g/mol. The maximum absolute atomic E-state index is 12.8. The van der Waals surface area contributed by atoms with Crippen molar-refractivity contribution in [3.63, 3.8) is 0 Å². The third-order valence-corrected chi connectivity index (χ3v) is 6.48. The summed E-state index contributed by atoms with van der Waals surface area (Å²) in [4.78, 5) is 39.5. The van der Waals surface area contributed by atoms with Gasteiger partial charge in [0, 0.05) is 6.04 Å². The zero-order chi connectivity index (χ0) is 19.0. The van der Waals surface area contributed by atoms with E-state index in [1.54, 1.807) is 11.0 Å². The Morgan fingerprint density at radius 1 is 0.963 bits per heavy atom. The molecule has 1 aromatic carbocycles. The van der Waals surface area contributed by atoms with Crippen molar-refractivity contribution >= 4 is 17.8 Å². The molecule has 0 N–H and O–H groups in total. The number of nitrogens with zero attached hydrogens (tertiary/aromatic N) is 1. The van der Waals surface area contributed by atoms with Gasteiger partial charge in [0.1, 0.15) is 5.75 Å². The Kier molecular flexibility index (Phi) is 5.02. The van der Waals surface area contributed by atoms with Gasteiger partial charge >= 0.3 is 5.97 Å². The van der Waals surface area contributed by atoms with Crippen LogP contribution in [-0.2, 0) is 14.4 Å². The quantitative estimate of drug-likeness (QED) is 0.464. The molecule has 2 saturated carbocycles. The van der Waals surface area contributed by atoms with Gasteiger partial charge in [-0.25, -0.2) is 0 Å². The molecule has 4 rings (SSSR count). The fourth-order valence-electron chi connectivity index (χ4n) is 5.00. The van der Waals surface area contributed by atoms with Crippen molar-refractivity contribution in [2.75, 3.05) is 0 Å². The zero-order valence-corrected chi connectivity index (χ0v) is 15.9. The van der Waals surface area contributed by atoms with E-state index >= 15 is 0 Å². The molecule has 5 heteroatoms. The van der Waals surface area contributed by atoms with Crippen LogP contribution in [0.15, 0.2) is 24.3 Å². The van der Waals surface area contributed by atoms with Gasteiger partial charge in [-0.3, -0.25) is 19.3 Å². The van der Waals surface area contributed by atoms with Gasteiger partial charge in [-0.15, -0.1) is 0 Å². The molecule has 5 nitrogen and oxygen atoms in total. The molecule has 2 atom stereocenters. The monoisotopic (exact) mass is 369 g/mol. The van der Waals surface area contributed by atoms with Gasteiger partial charge in [-0.1, -0.05) is 25.0 Å². The van der Waals surface area contributed by atoms with Gasteiger partial charge < -0.3 is 4.74 Å². The maximum Gasteiger partial charge on any atom is 0.314 e. The highest BCUT2D eigenvalue weighted by Crippen LogP contribution is 2.41. The lowest BCUT2D eigenvalue weighted by atomic mass is 9.81. The third kappa shape index (κ3) is 3.52. The van der Waals surface area contributed by atoms with Gasteiger partial charge in [-0.05, 0) is 63.1 Å². The number of carbonyl (C=O) groups excluding carboxylic acids is 3. The van der Waals surface area contributed by atoms with E-state index in [1.807, 2.05) is 25.1 Å². The number of hydrogen-bond acceptors (Lipinski definition) is 4. The Morgan fingerprint density at radius 3 is 2.19 bits per heavy atom. The van der Waals surface area contributed by atoms with Crippen molar-refractivity contribution < 1.29 is 19.1 Å². The SMILES string of the molecule is Cc1cccc(OC(=O)C2CCC(N3C(=O)[C@@H]4CCCC[C@H]4C3=O)CC2)c1. The van der Waals surface area contributed by atoms with Crippen LogP contribution in [0.2, 0.25) is 0 Å². The second kappa shape index (κ2) is 7.45. The summed E-state index contributed by atoms with van der Waals surface area (Å²) in [7, 11) is 0. The van der Waals surface area contributed by atoms with Crippen LogP contribution >= 0.6 is 0 Å². The van der Waals surface area contributed by atoms with E-state index in [2.05, 4.69) is 0 Å². The van der Waals surface area contributed by atoms with E-state index in [4.69, 9.17) is 4.74 Å². The lowest BCUT2D eigenvalue weighted by Crippen LogP contribution is -2.43. The minimum atomic E-state index is -0.202. The van der Waals surface area contributed by atoms with E-state index in [9.17, 15) is 14.4 Å². The van der Waals surface area contributed by atoms with Crippen LogP contribution < -0.4 is 4.74 Å². The average Bonchev–Trinajstić information content (AvgIpc) is 2.93. The number of likely N-dealkylation sites (tertiary alicyclic amines) is 1. The van der Waals surface area contributed by atoms with E-state index < -0.39 is 0 Å². The Bertz CT molecular complexity index is 726. The first-order chi connectivity index (χ1) is 13.0. The van der Waals surface area contributed by atoms with Gasteiger partial charge in [0.15, 0.2) is 0 Å². The van der Waals surface area contributed by atoms with Crippen LogP contribution in [0.4, 0.5) is 0 Å². The predicted octanol–water partition coefficient (Wildman–Crippen LogP) is 3.63. The van der Waals surface area contributed by atoms with Crippen LogP contribution in [-0.4, -0.2) is 28.7 Å². The van der Waals surface area contributed by atoms with Crippen molar-refractivity contribution in [2.24, 2.45) is 17.8 Å². The van der Waals surface area contributed by atoms with Crippen molar-refractivity contribution in [3.05, 3.63) is 29.8 Å². The summed E-state index contributed by atoms with van der Waals surface area (Å²) in [5.41, 5.74) is 1.05. The fourth-order valence-corrected chi connectivity index (χ4v) is 5.00. The van der Waals surface area contributed by atoms with Gasteiger partial charge in [0.2, 0.25) is 11.8 Å². The highest BCUT2D eigenvalue weighted by atomic mass is 16.5. The first-order valence-electron chi connectivity index (χ1n) is 10.2. The predicted molar refractivity (Wildman–Crippen MR) is 99.9 cm³/mol. The minimum Gasteiger partial charge on any atom is -0.426 e. The van der Waals surface area contributed by atoms with Crippen molar-refractivity contribution in [2.45, 2.75) is 64.3 Å². The number of rotatable bonds is 3. The summed E-state index contributed by atoms with van der Waals surface area (Å²) in [5.74, 6) is 0.122. The molecule has 2 aliphatic carbocycles. The number of ether oxygens (including phenoxy) is 1. The molecule has 144 valence electrons. The van der Waals surface area contributed by atoms with Crippen molar-refractivity contribution in [1.29, 1.82) is 0 Å². The summed E-state index contributed by atoms with van der Waals surface area (Å²) < 4.78 is 5.53. The third-order valence-electron chi connectivity index (χ3n) is 6.48. The van der Waals surface area contributed by atoms with Crippen LogP contribution in [0.25, 0.3) is 0 Å². The molecule has 0 unspecified atom stereocenters. The maximum atomic E-state index is 12.8. The summed E-state index contributed by atoms with van der Waals surface area (Å²) in [6, 6.07) is 7.44. The van der Waals surface area contributed by atoms with E-state index in [0.717, 1.165) is 31.2 Å². The number of hydrogen-bond donors (Lipinski definition) is 0. The van der Waals surface area contributed by atoms with Crippen LogP contribution in [0.1, 0.15) is 56.9 Å². The highest BCUT2D eigenvalue weighted by Gasteiger charge is 2.50. The zero-order valence-electron chi connectivity index (χ0n) is 15.9. The van der Waals surface area contributed by atoms with Crippen molar-refractivity contribution in [3.8, 4) is 5.75 Å². The lowest BCUT2D eigenvalue weighted by molar-refractivity contribution is -0.144. The summed E-state index contributed by atoms with van der Waals surface area (Å²) >= 11 is 0. The molecule has 0 bridgehead atoms. The van der Waals surface area contributed by atoms with Gasteiger partial charge in [0.25, 0.3) is 0 Å². The van der Waals surface area contributed by atoms with E-state index in [0.29, 0.717) is 31.4 Å². The van der Waals surface area contributed by atoms with Crippen LogP contribution in [0.5, 0.6) is 5.75 Å². The summed E-state index contributed by atoms with van der Waals surface area (Å²) in [6.45, 7) is 1.96.